The molecular formula is C26H23ClN2O2. The first-order chi connectivity index (χ1) is 14.9. The van der Waals surface area contributed by atoms with Crippen molar-refractivity contribution in [1.82, 2.24) is 4.90 Å². The molecule has 4 nitrogen and oxygen atoms in total. The van der Waals surface area contributed by atoms with Gasteiger partial charge in [0.15, 0.2) is 0 Å². The van der Waals surface area contributed by atoms with E-state index in [0.29, 0.717) is 16.3 Å². The Kier molecular flexibility index (Phi) is 5.66. The molecule has 3 aromatic carbocycles. The lowest BCUT2D eigenvalue weighted by Gasteiger charge is -2.22. The van der Waals surface area contributed by atoms with Gasteiger partial charge in [0, 0.05) is 17.8 Å². The van der Waals surface area contributed by atoms with E-state index in [4.69, 9.17) is 11.6 Å². The van der Waals surface area contributed by atoms with Crippen LogP contribution >= 0.6 is 11.6 Å². The fourth-order valence-electron chi connectivity index (χ4n) is 3.75. The van der Waals surface area contributed by atoms with Crippen molar-refractivity contribution in [3.05, 3.63) is 106 Å². The number of nitrogens with zero attached hydrogens (tertiary/aromatic N) is 2. The van der Waals surface area contributed by atoms with Crippen molar-refractivity contribution in [1.29, 1.82) is 0 Å². The highest BCUT2D eigenvalue weighted by Gasteiger charge is 2.41. The Balaban J connectivity index is 1.83. The number of carbonyl (C=O) groups excluding carboxylic acids is 2. The van der Waals surface area contributed by atoms with E-state index in [0.717, 1.165) is 27.9 Å². The third-order valence-corrected chi connectivity index (χ3v) is 6.07. The van der Waals surface area contributed by atoms with E-state index in [9.17, 15) is 9.59 Å². The smallest absolute Gasteiger partial charge is 0.278 e. The third-order valence-electron chi connectivity index (χ3n) is 5.70. The number of likely N-dealkylation sites (N-methyl/N-ethyl adjacent to an activating group) is 1. The number of para-hydroxylation sites is 1. The number of hydrogen-bond acceptors (Lipinski definition) is 3. The highest BCUT2D eigenvalue weighted by Crippen LogP contribution is 2.35. The minimum atomic E-state index is -0.329. The molecule has 0 N–H and O–H groups in total. The Labute approximate surface area is 187 Å². The zero-order chi connectivity index (χ0) is 22.1. The van der Waals surface area contributed by atoms with Crippen LogP contribution in [0.15, 0.2) is 78.5 Å². The summed E-state index contributed by atoms with van der Waals surface area (Å²) in [5.74, 6) is -0.643. The molecule has 1 aliphatic rings. The van der Waals surface area contributed by atoms with Crippen LogP contribution in [0.2, 0.25) is 5.02 Å². The largest absolute Gasteiger partial charge is 0.339 e. The van der Waals surface area contributed by atoms with Crippen molar-refractivity contribution in [2.24, 2.45) is 0 Å². The second-order valence-corrected chi connectivity index (χ2v) is 8.11. The molecule has 1 heterocycles. The highest BCUT2D eigenvalue weighted by molar-refractivity contribution is 6.37. The summed E-state index contributed by atoms with van der Waals surface area (Å²) in [6.45, 7) is 4.15. The van der Waals surface area contributed by atoms with Gasteiger partial charge in [-0.15, -0.1) is 0 Å². The Morgan fingerprint density at radius 2 is 1.52 bits per heavy atom. The molecule has 1 aliphatic heterocycles. The summed E-state index contributed by atoms with van der Waals surface area (Å²) >= 11 is 6.31. The minimum Gasteiger partial charge on any atom is -0.339 e. The van der Waals surface area contributed by atoms with Gasteiger partial charge in [-0.05, 0) is 54.3 Å². The van der Waals surface area contributed by atoms with Gasteiger partial charge in [0.05, 0.1) is 12.1 Å². The molecule has 0 saturated carbocycles. The van der Waals surface area contributed by atoms with Crippen LogP contribution in [0.1, 0.15) is 22.3 Å². The Morgan fingerprint density at radius 1 is 0.839 bits per heavy atom. The summed E-state index contributed by atoms with van der Waals surface area (Å²) in [6.07, 6.45) is 0. The number of hydrogen-bond donors (Lipinski definition) is 0. The van der Waals surface area contributed by atoms with Gasteiger partial charge in [0.1, 0.15) is 5.70 Å². The molecule has 0 aliphatic carbocycles. The second-order valence-electron chi connectivity index (χ2n) is 7.71. The van der Waals surface area contributed by atoms with Crippen molar-refractivity contribution in [3.63, 3.8) is 0 Å². The molecule has 0 unspecified atom stereocenters. The Hall–Kier alpha value is -3.37. The summed E-state index contributed by atoms with van der Waals surface area (Å²) in [4.78, 5) is 30.2. The van der Waals surface area contributed by atoms with E-state index in [1.807, 2.05) is 87.6 Å². The average Bonchev–Trinajstić information content (AvgIpc) is 3.02. The van der Waals surface area contributed by atoms with Gasteiger partial charge in [-0.25, -0.2) is 0 Å². The standard InChI is InChI=1S/C26H23ClN2O2/c1-17-13-14-19(15-18(17)2)23-24(28(3)21-10-5-4-6-11-21)26(31)29(25(23)30)16-20-9-7-8-12-22(20)27/h4-15H,16H2,1-3H3. The summed E-state index contributed by atoms with van der Waals surface area (Å²) < 4.78 is 0. The van der Waals surface area contributed by atoms with E-state index in [1.165, 1.54) is 4.90 Å². The first kappa shape index (κ1) is 20.9. The molecule has 5 heteroatoms. The van der Waals surface area contributed by atoms with Gasteiger partial charge in [0.25, 0.3) is 11.8 Å². The molecule has 0 radical (unpaired) electrons. The van der Waals surface area contributed by atoms with E-state index in [-0.39, 0.29) is 18.4 Å². The predicted molar refractivity (Wildman–Crippen MR) is 125 cm³/mol. The fourth-order valence-corrected chi connectivity index (χ4v) is 3.95. The van der Waals surface area contributed by atoms with Crippen LogP contribution in [-0.2, 0) is 16.1 Å². The summed E-state index contributed by atoms with van der Waals surface area (Å²) in [6, 6.07) is 22.7. The first-order valence-electron chi connectivity index (χ1n) is 10.1. The zero-order valence-corrected chi connectivity index (χ0v) is 18.5. The van der Waals surface area contributed by atoms with E-state index in [2.05, 4.69) is 0 Å². The van der Waals surface area contributed by atoms with Crippen LogP contribution in [0.4, 0.5) is 5.69 Å². The van der Waals surface area contributed by atoms with Crippen molar-refractivity contribution < 1.29 is 9.59 Å². The number of aryl methyl sites for hydroxylation is 2. The molecule has 2 amide bonds. The molecule has 0 fully saturated rings. The third kappa shape index (κ3) is 3.87. The number of benzene rings is 3. The van der Waals surface area contributed by atoms with Gasteiger partial charge in [0.2, 0.25) is 0 Å². The predicted octanol–water partition coefficient (Wildman–Crippen LogP) is 5.37. The van der Waals surface area contributed by atoms with Gasteiger partial charge >= 0.3 is 0 Å². The lowest BCUT2D eigenvalue weighted by Crippen LogP contribution is -2.33. The lowest BCUT2D eigenvalue weighted by molar-refractivity contribution is -0.137. The van der Waals surface area contributed by atoms with E-state index >= 15 is 0 Å². The van der Waals surface area contributed by atoms with Crippen LogP contribution < -0.4 is 4.90 Å². The fraction of sp³-hybridized carbons (Fsp3) is 0.154. The number of halogens is 1. The van der Waals surface area contributed by atoms with Crippen LogP contribution in [-0.4, -0.2) is 23.8 Å². The van der Waals surface area contributed by atoms with Crippen molar-refractivity contribution >= 4 is 34.7 Å². The molecular weight excluding hydrogens is 408 g/mol. The van der Waals surface area contributed by atoms with Crippen molar-refractivity contribution in [2.75, 3.05) is 11.9 Å². The molecule has 4 rings (SSSR count). The molecule has 0 aromatic heterocycles. The maximum atomic E-state index is 13.6. The molecule has 156 valence electrons. The SMILES string of the molecule is Cc1ccc(C2=C(N(C)c3ccccc3)C(=O)N(Cc3ccccc3Cl)C2=O)cc1C. The molecule has 0 bridgehead atoms. The minimum absolute atomic E-state index is 0.123. The average molecular weight is 431 g/mol. The maximum absolute atomic E-state index is 13.6. The molecule has 0 atom stereocenters. The zero-order valence-electron chi connectivity index (χ0n) is 17.7. The van der Waals surface area contributed by atoms with E-state index in [1.54, 1.807) is 11.0 Å². The lowest BCUT2D eigenvalue weighted by atomic mass is 9.99. The van der Waals surface area contributed by atoms with Crippen LogP contribution in [0.25, 0.3) is 5.57 Å². The quantitative estimate of drug-likeness (QED) is 0.511. The van der Waals surface area contributed by atoms with E-state index < -0.39 is 0 Å². The normalized spacial score (nSPS) is 13.9. The van der Waals surface area contributed by atoms with Crippen molar-refractivity contribution in [2.45, 2.75) is 20.4 Å². The number of amides is 2. The summed E-state index contributed by atoms with van der Waals surface area (Å²) in [5.41, 5.74) is 5.27. The van der Waals surface area contributed by atoms with Gasteiger partial charge in [-0.1, -0.05) is 66.2 Å². The first-order valence-corrected chi connectivity index (χ1v) is 10.5. The van der Waals surface area contributed by atoms with Crippen LogP contribution in [0.3, 0.4) is 0 Å². The van der Waals surface area contributed by atoms with Gasteiger partial charge in [-0.3, -0.25) is 14.5 Å². The molecule has 0 spiro atoms. The number of carbonyl (C=O) groups is 2. The van der Waals surface area contributed by atoms with Crippen LogP contribution in [0.5, 0.6) is 0 Å². The Morgan fingerprint density at radius 3 is 2.19 bits per heavy atom. The molecule has 0 saturated heterocycles. The topological polar surface area (TPSA) is 40.6 Å². The van der Waals surface area contributed by atoms with Crippen molar-refractivity contribution in [3.8, 4) is 0 Å². The van der Waals surface area contributed by atoms with Gasteiger partial charge < -0.3 is 4.90 Å². The van der Waals surface area contributed by atoms with Crippen LogP contribution in [0, 0.1) is 13.8 Å². The summed E-state index contributed by atoms with van der Waals surface area (Å²) in [5, 5.41) is 0.528. The molecule has 3 aromatic rings. The number of rotatable bonds is 5. The second kappa shape index (κ2) is 8.40. The number of imide groups is 1. The van der Waals surface area contributed by atoms with Gasteiger partial charge in [-0.2, -0.15) is 0 Å². The Bertz CT molecular complexity index is 1200. The highest BCUT2D eigenvalue weighted by atomic mass is 35.5. The molecule has 31 heavy (non-hydrogen) atoms. The number of anilines is 1. The monoisotopic (exact) mass is 430 g/mol. The summed E-state index contributed by atoms with van der Waals surface area (Å²) in [7, 11) is 1.82. The maximum Gasteiger partial charge on any atom is 0.278 e.